The number of hydrogen-bond acceptors (Lipinski definition) is 5. The molecule has 3 rings (SSSR count). The number of fused-ring (bicyclic) bond motifs is 1. The number of amides is 3. The second-order valence-corrected chi connectivity index (χ2v) is 6.60. The molecule has 0 bridgehead atoms. The minimum absolute atomic E-state index is 0.114. The van der Waals surface area contributed by atoms with Gasteiger partial charge in [-0.3, -0.25) is 14.4 Å². The zero-order valence-corrected chi connectivity index (χ0v) is 13.7. The third-order valence-corrected chi connectivity index (χ3v) is 5.06. The van der Waals surface area contributed by atoms with Crippen LogP contribution in [0.25, 0.3) is 0 Å². The van der Waals surface area contributed by atoms with Gasteiger partial charge in [-0.1, -0.05) is 0 Å². The molecule has 0 unspecified atom stereocenters. The highest BCUT2D eigenvalue weighted by Crippen LogP contribution is 2.37. The van der Waals surface area contributed by atoms with E-state index in [4.69, 9.17) is 10.2 Å². The second kappa shape index (κ2) is 6.88. The molecule has 2 heterocycles. The van der Waals surface area contributed by atoms with Gasteiger partial charge in [0, 0.05) is 4.88 Å². The van der Waals surface area contributed by atoms with Crippen LogP contribution in [0.1, 0.15) is 39.4 Å². The highest BCUT2D eigenvalue weighted by molar-refractivity contribution is 7.17. The summed E-state index contributed by atoms with van der Waals surface area (Å²) in [6.45, 7) is 0.114. The van der Waals surface area contributed by atoms with Crippen molar-refractivity contribution < 1.29 is 18.8 Å². The van der Waals surface area contributed by atoms with Crippen molar-refractivity contribution >= 4 is 34.1 Å². The lowest BCUT2D eigenvalue weighted by Crippen LogP contribution is -2.35. The lowest BCUT2D eigenvalue weighted by Gasteiger charge is -2.11. The Hall–Kier alpha value is -2.61. The zero-order chi connectivity index (χ0) is 17.1. The summed E-state index contributed by atoms with van der Waals surface area (Å²) in [7, 11) is 0. The van der Waals surface area contributed by atoms with E-state index in [1.807, 2.05) is 0 Å². The fourth-order valence-electron chi connectivity index (χ4n) is 2.74. The van der Waals surface area contributed by atoms with Crippen molar-refractivity contribution in [3.05, 3.63) is 40.2 Å². The summed E-state index contributed by atoms with van der Waals surface area (Å²) in [5.74, 6) is -1.67. The summed E-state index contributed by atoms with van der Waals surface area (Å²) in [6.07, 6.45) is 5.14. The van der Waals surface area contributed by atoms with E-state index in [1.165, 1.54) is 17.6 Å². The van der Waals surface area contributed by atoms with Crippen molar-refractivity contribution in [2.24, 2.45) is 5.73 Å². The molecule has 126 valence electrons. The Kier molecular flexibility index (Phi) is 4.66. The summed E-state index contributed by atoms with van der Waals surface area (Å²) in [5.41, 5.74) is 6.70. The quantitative estimate of drug-likeness (QED) is 0.728. The lowest BCUT2D eigenvalue weighted by molar-refractivity contribution is -0.136. The SMILES string of the molecule is NC(=O)c1c(NC(=O)C(=O)NCc2ccco2)sc2c1CCCC2. The molecule has 0 saturated heterocycles. The molecule has 0 saturated carbocycles. The van der Waals surface area contributed by atoms with Crippen LogP contribution in [-0.4, -0.2) is 17.7 Å². The first kappa shape index (κ1) is 16.3. The number of hydrogen-bond donors (Lipinski definition) is 3. The number of carbonyl (C=O) groups is 3. The Labute approximate surface area is 142 Å². The molecule has 0 atom stereocenters. The highest BCUT2D eigenvalue weighted by atomic mass is 32.1. The summed E-state index contributed by atoms with van der Waals surface area (Å²) in [5, 5.41) is 5.33. The van der Waals surface area contributed by atoms with Crippen LogP contribution < -0.4 is 16.4 Å². The van der Waals surface area contributed by atoms with Gasteiger partial charge in [0.15, 0.2) is 0 Å². The Morgan fingerprint density at radius 2 is 2.00 bits per heavy atom. The average molecular weight is 347 g/mol. The first-order valence-corrected chi connectivity index (χ1v) is 8.44. The van der Waals surface area contributed by atoms with Crippen molar-refractivity contribution in [2.75, 3.05) is 5.32 Å². The first-order chi connectivity index (χ1) is 11.6. The Bertz CT molecular complexity index is 780. The first-order valence-electron chi connectivity index (χ1n) is 7.62. The average Bonchev–Trinajstić information content (AvgIpc) is 3.19. The topological polar surface area (TPSA) is 114 Å². The van der Waals surface area contributed by atoms with Crippen LogP contribution in [0.4, 0.5) is 5.00 Å². The molecule has 0 fully saturated rings. The molecule has 0 aromatic carbocycles. The monoisotopic (exact) mass is 347 g/mol. The fraction of sp³-hybridized carbons (Fsp3) is 0.312. The van der Waals surface area contributed by atoms with Gasteiger partial charge in [0.2, 0.25) is 0 Å². The number of nitrogens with two attached hydrogens (primary N) is 1. The van der Waals surface area contributed by atoms with Crippen LogP contribution in [0.15, 0.2) is 22.8 Å². The number of anilines is 1. The Morgan fingerprint density at radius 1 is 1.21 bits per heavy atom. The molecule has 1 aliphatic rings. The number of carbonyl (C=O) groups excluding carboxylic acids is 3. The standard InChI is InChI=1S/C16H17N3O4S/c17-13(20)12-10-5-1-2-6-11(10)24-16(12)19-15(22)14(21)18-8-9-4-3-7-23-9/h3-4,7H,1-2,5-6,8H2,(H2,17,20)(H,18,21)(H,19,22). The molecular weight excluding hydrogens is 330 g/mol. The van der Waals surface area contributed by atoms with Gasteiger partial charge >= 0.3 is 11.8 Å². The molecule has 4 N–H and O–H groups in total. The van der Waals surface area contributed by atoms with Crippen LogP contribution in [0.3, 0.4) is 0 Å². The molecule has 7 nitrogen and oxygen atoms in total. The molecule has 2 aromatic rings. The predicted molar refractivity (Wildman–Crippen MR) is 88.7 cm³/mol. The van der Waals surface area contributed by atoms with Crippen molar-refractivity contribution in [1.82, 2.24) is 5.32 Å². The summed E-state index contributed by atoms with van der Waals surface area (Å²) in [6, 6.07) is 3.38. The normalized spacial score (nSPS) is 13.2. The second-order valence-electron chi connectivity index (χ2n) is 5.50. The number of primary amides is 1. The molecule has 3 amide bonds. The van der Waals surface area contributed by atoms with Crippen molar-refractivity contribution in [3.63, 3.8) is 0 Å². The number of aryl methyl sites for hydroxylation is 1. The van der Waals surface area contributed by atoms with Gasteiger partial charge in [0.1, 0.15) is 10.8 Å². The van der Waals surface area contributed by atoms with E-state index in [-0.39, 0.29) is 6.54 Å². The molecule has 24 heavy (non-hydrogen) atoms. The van der Waals surface area contributed by atoms with E-state index in [0.29, 0.717) is 16.3 Å². The lowest BCUT2D eigenvalue weighted by atomic mass is 9.95. The number of furan rings is 1. The fourth-order valence-corrected chi connectivity index (χ4v) is 4.03. The van der Waals surface area contributed by atoms with E-state index in [9.17, 15) is 14.4 Å². The van der Waals surface area contributed by atoms with Gasteiger partial charge in [-0.15, -0.1) is 11.3 Å². The highest BCUT2D eigenvalue weighted by Gasteiger charge is 2.26. The van der Waals surface area contributed by atoms with E-state index < -0.39 is 17.7 Å². The van der Waals surface area contributed by atoms with Crippen LogP contribution >= 0.6 is 11.3 Å². The van der Waals surface area contributed by atoms with Gasteiger partial charge < -0.3 is 20.8 Å². The maximum Gasteiger partial charge on any atom is 0.314 e. The summed E-state index contributed by atoms with van der Waals surface area (Å²) in [4.78, 5) is 36.8. The number of thiophene rings is 1. The number of nitrogens with one attached hydrogen (secondary N) is 2. The van der Waals surface area contributed by atoms with Crippen molar-refractivity contribution in [1.29, 1.82) is 0 Å². The largest absolute Gasteiger partial charge is 0.467 e. The molecule has 0 aliphatic heterocycles. The van der Waals surface area contributed by atoms with E-state index in [2.05, 4.69) is 10.6 Å². The maximum absolute atomic E-state index is 12.1. The molecular formula is C16H17N3O4S. The third-order valence-electron chi connectivity index (χ3n) is 3.85. The molecule has 0 radical (unpaired) electrons. The van der Waals surface area contributed by atoms with Crippen LogP contribution in [0, 0.1) is 0 Å². The van der Waals surface area contributed by atoms with E-state index in [0.717, 1.165) is 36.1 Å². The number of rotatable bonds is 4. The zero-order valence-electron chi connectivity index (χ0n) is 12.9. The maximum atomic E-state index is 12.1. The molecule has 8 heteroatoms. The summed E-state index contributed by atoms with van der Waals surface area (Å²) < 4.78 is 5.08. The van der Waals surface area contributed by atoms with Gasteiger partial charge in [-0.2, -0.15) is 0 Å². The van der Waals surface area contributed by atoms with Crippen LogP contribution in [-0.2, 0) is 29.0 Å². The van der Waals surface area contributed by atoms with Crippen LogP contribution in [0.5, 0.6) is 0 Å². The van der Waals surface area contributed by atoms with Gasteiger partial charge in [-0.05, 0) is 43.4 Å². The van der Waals surface area contributed by atoms with E-state index in [1.54, 1.807) is 12.1 Å². The smallest absolute Gasteiger partial charge is 0.314 e. The van der Waals surface area contributed by atoms with Crippen LogP contribution in [0.2, 0.25) is 0 Å². The Morgan fingerprint density at radius 3 is 2.71 bits per heavy atom. The molecule has 0 spiro atoms. The predicted octanol–water partition coefficient (Wildman–Crippen LogP) is 1.57. The van der Waals surface area contributed by atoms with E-state index >= 15 is 0 Å². The minimum atomic E-state index is -0.831. The van der Waals surface area contributed by atoms with Gasteiger partial charge in [-0.25, -0.2) is 0 Å². The Balaban J connectivity index is 1.70. The minimum Gasteiger partial charge on any atom is -0.467 e. The summed E-state index contributed by atoms with van der Waals surface area (Å²) >= 11 is 1.32. The third kappa shape index (κ3) is 3.33. The van der Waals surface area contributed by atoms with Crippen molar-refractivity contribution in [3.8, 4) is 0 Å². The van der Waals surface area contributed by atoms with Gasteiger partial charge in [0.05, 0.1) is 18.4 Å². The van der Waals surface area contributed by atoms with Crippen molar-refractivity contribution in [2.45, 2.75) is 32.2 Å². The molecule has 1 aliphatic carbocycles. The molecule has 2 aromatic heterocycles. The van der Waals surface area contributed by atoms with Gasteiger partial charge in [0.25, 0.3) is 5.91 Å².